The highest BCUT2D eigenvalue weighted by Crippen LogP contribution is 2.32. The zero-order valence-electron chi connectivity index (χ0n) is 11.5. The van der Waals surface area contributed by atoms with Crippen molar-refractivity contribution in [3.8, 4) is 0 Å². The first-order valence-electron chi connectivity index (χ1n) is 6.75. The Bertz CT molecular complexity index is 727. The lowest BCUT2D eigenvalue weighted by atomic mass is 10.1. The van der Waals surface area contributed by atoms with Crippen LogP contribution >= 0.6 is 11.8 Å². The molecule has 1 aliphatic rings. The van der Waals surface area contributed by atoms with E-state index in [2.05, 4.69) is 5.32 Å². The van der Waals surface area contributed by atoms with Gasteiger partial charge in [-0.05, 0) is 19.1 Å². The lowest BCUT2D eigenvalue weighted by molar-refractivity contribution is -0.144. The number of fused-ring (bicyclic) bond motifs is 1. The van der Waals surface area contributed by atoms with Gasteiger partial charge in [-0.25, -0.2) is 0 Å². The molecule has 0 radical (unpaired) electrons. The normalized spacial score (nSPS) is 21.6. The summed E-state index contributed by atoms with van der Waals surface area (Å²) in [6.07, 6.45) is 1.48. The standard InChI is InChI=1S/C15H15NO4S/c1-2-19-15(18)11-8-21-14(16-11)10-7-20-12-6-4-3-5-9(12)13(10)17/h3-7,11,14,16H,2,8H2,1H3/t11-,14-/m1/s1. The van der Waals surface area contributed by atoms with Crippen molar-refractivity contribution in [2.75, 3.05) is 12.4 Å². The fourth-order valence-electron chi connectivity index (χ4n) is 2.30. The minimum Gasteiger partial charge on any atom is -0.465 e. The predicted molar refractivity (Wildman–Crippen MR) is 81.2 cm³/mol. The van der Waals surface area contributed by atoms with Crippen molar-refractivity contribution in [1.29, 1.82) is 0 Å². The maximum atomic E-state index is 12.5. The van der Waals surface area contributed by atoms with Crippen molar-refractivity contribution in [3.05, 3.63) is 46.3 Å². The third kappa shape index (κ3) is 2.69. The maximum absolute atomic E-state index is 12.5. The van der Waals surface area contributed by atoms with E-state index < -0.39 is 0 Å². The number of rotatable bonds is 3. The molecule has 0 spiro atoms. The summed E-state index contributed by atoms with van der Waals surface area (Å²) in [4.78, 5) is 24.2. The number of para-hydroxylation sites is 1. The number of thioether (sulfide) groups is 1. The summed E-state index contributed by atoms with van der Waals surface area (Å²) in [5.74, 6) is 0.299. The second-order valence-electron chi connectivity index (χ2n) is 4.70. The highest BCUT2D eigenvalue weighted by Gasteiger charge is 2.33. The molecule has 3 rings (SSSR count). The van der Waals surface area contributed by atoms with E-state index in [1.165, 1.54) is 18.0 Å². The van der Waals surface area contributed by atoms with Gasteiger partial charge < -0.3 is 9.15 Å². The van der Waals surface area contributed by atoms with E-state index in [0.717, 1.165) is 0 Å². The van der Waals surface area contributed by atoms with Crippen LogP contribution in [0.5, 0.6) is 0 Å². The highest BCUT2D eigenvalue weighted by atomic mass is 32.2. The zero-order valence-corrected chi connectivity index (χ0v) is 12.3. The molecule has 0 amide bonds. The summed E-state index contributed by atoms with van der Waals surface area (Å²) in [6.45, 7) is 2.12. The Morgan fingerprint density at radius 1 is 1.48 bits per heavy atom. The lowest BCUT2D eigenvalue weighted by Gasteiger charge is -2.12. The predicted octanol–water partition coefficient (Wildman–Crippen LogP) is 2.06. The molecule has 1 N–H and O–H groups in total. The third-order valence-corrected chi connectivity index (χ3v) is 4.59. The van der Waals surface area contributed by atoms with Gasteiger partial charge in [0.2, 0.25) is 0 Å². The van der Waals surface area contributed by atoms with Gasteiger partial charge in [-0.2, -0.15) is 0 Å². The van der Waals surface area contributed by atoms with Gasteiger partial charge in [0.25, 0.3) is 0 Å². The number of ether oxygens (including phenoxy) is 1. The van der Waals surface area contributed by atoms with Gasteiger partial charge in [0.15, 0.2) is 5.43 Å². The Labute approximate surface area is 125 Å². The van der Waals surface area contributed by atoms with Crippen molar-refractivity contribution >= 4 is 28.7 Å². The summed E-state index contributed by atoms with van der Waals surface area (Å²) >= 11 is 1.51. The van der Waals surface area contributed by atoms with Gasteiger partial charge in [0, 0.05) is 5.75 Å². The molecule has 1 saturated heterocycles. The van der Waals surface area contributed by atoms with Crippen molar-refractivity contribution < 1.29 is 13.9 Å². The van der Waals surface area contributed by atoms with Crippen LogP contribution < -0.4 is 10.7 Å². The second kappa shape index (κ2) is 5.91. The van der Waals surface area contributed by atoms with E-state index in [1.54, 1.807) is 25.1 Å². The number of carbonyl (C=O) groups is 1. The van der Waals surface area contributed by atoms with Gasteiger partial charge >= 0.3 is 5.97 Å². The fourth-order valence-corrected chi connectivity index (χ4v) is 3.52. The molecule has 1 aromatic carbocycles. The first kappa shape index (κ1) is 14.2. The van der Waals surface area contributed by atoms with Crippen molar-refractivity contribution in [1.82, 2.24) is 5.32 Å². The average Bonchev–Trinajstić information content (AvgIpc) is 2.98. The second-order valence-corrected chi connectivity index (χ2v) is 5.84. The molecule has 1 aliphatic heterocycles. The van der Waals surface area contributed by atoms with E-state index in [0.29, 0.717) is 28.9 Å². The van der Waals surface area contributed by atoms with Crippen LogP contribution in [0.2, 0.25) is 0 Å². The number of carbonyl (C=O) groups excluding carboxylic acids is 1. The van der Waals surface area contributed by atoms with E-state index in [1.807, 2.05) is 6.07 Å². The Balaban J connectivity index is 1.87. The van der Waals surface area contributed by atoms with Crippen LogP contribution in [-0.4, -0.2) is 24.4 Å². The smallest absolute Gasteiger partial charge is 0.324 e. The Morgan fingerprint density at radius 2 is 2.29 bits per heavy atom. The van der Waals surface area contributed by atoms with Crippen LogP contribution in [-0.2, 0) is 9.53 Å². The van der Waals surface area contributed by atoms with Crippen LogP contribution in [0.3, 0.4) is 0 Å². The molecule has 110 valence electrons. The number of hydrogen-bond donors (Lipinski definition) is 1. The molecule has 1 fully saturated rings. The molecule has 0 bridgehead atoms. The maximum Gasteiger partial charge on any atom is 0.324 e. The van der Waals surface area contributed by atoms with E-state index in [9.17, 15) is 9.59 Å². The Morgan fingerprint density at radius 3 is 3.10 bits per heavy atom. The van der Waals surface area contributed by atoms with Gasteiger partial charge in [-0.3, -0.25) is 14.9 Å². The number of nitrogens with one attached hydrogen (secondary N) is 1. The molecule has 0 unspecified atom stereocenters. The number of benzene rings is 1. The molecule has 6 heteroatoms. The monoisotopic (exact) mass is 305 g/mol. The lowest BCUT2D eigenvalue weighted by Crippen LogP contribution is -2.36. The minimum atomic E-state index is -0.383. The quantitative estimate of drug-likeness (QED) is 0.876. The molecule has 0 saturated carbocycles. The summed E-state index contributed by atoms with van der Waals surface area (Å²) in [5, 5.41) is 3.43. The van der Waals surface area contributed by atoms with E-state index >= 15 is 0 Å². The Hall–Kier alpha value is -1.79. The first-order chi connectivity index (χ1) is 10.2. The molecule has 2 atom stereocenters. The van der Waals surface area contributed by atoms with E-state index in [4.69, 9.17) is 9.15 Å². The molecule has 5 nitrogen and oxygen atoms in total. The van der Waals surface area contributed by atoms with Gasteiger partial charge in [0.1, 0.15) is 17.9 Å². The summed E-state index contributed by atoms with van der Waals surface area (Å²) in [5.41, 5.74) is 1.04. The summed E-state index contributed by atoms with van der Waals surface area (Å²) in [7, 11) is 0. The van der Waals surface area contributed by atoms with Gasteiger partial charge in [-0.1, -0.05) is 12.1 Å². The Kier molecular flexibility index (Phi) is 3.98. The minimum absolute atomic E-state index is 0.0636. The molecular formula is C15H15NO4S. The number of hydrogen-bond acceptors (Lipinski definition) is 6. The number of esters is 1. The SMILES string of the molecule is CCOC(=O)[C@H]1CS[C@H](c2coc3ccccc3c2=O)N1. The van der Waals surface area contributed by atoms with Crippen LogP contribution in [0.4, 0.5) is 0 Å². The van der Waals surface area contributed by atoms with Crippen molar-refractivity contribution in [2.24, 2.45) is 0 Å². The van der Waals surface area contributed by atoms with Crippen LogP contribution in [0, 0.1) is 0 Å². The molecule has 0 aliphatic carbocycles. The van der Waals surface area contributed by atoms with Crippen LogP contribution in [0.1, 0.15) is 17.9 Å². The molecule has 1 aromatic heterocycles. The molecular weight excluding hydrogens is 290 g/mol. The third-order valence-electron chi connectivity index (χ3n) is 3.34. The largest absolute Gasteiger partial charge is 0.465 e. The average molecular weight is 305 g/mol. The van der Waals surface area contributed by atoms with Crippen LogP contribution in [0.25, 0.3) is 11.0 Å². The van der Waals surface area contributed by atoms with E-state index in [-0.39, 0.29) is 22.8 Å². The molecule has 2 heterocycles. The van der Waals surface area contributed by atoms with Gasteiger partial charge in [0.05, 0.1) is 22.9 Å². The van der Waals surface area contributed by atoms with Crippen molar-refractivity contribution in [2.45, 2.75) is 18.3 Å². The summed E-state index contributed by atoms with van der Waals surface area (Å²) < 4.78 is 10.5. The summed E-state index contributed by atoms with van der Waals surface area (Å²) in [6, 6.07) is 6.75. The zero-order chi connectivity index (χ0) is 14.8. The van der Waals surface area contributed by atoms with Crippen LogP contribution in [0.15, 0.2) is 39.7 Å². The van der Waals surface area contributed by atoms with Gasteiger partial charge in [-0.15, -0.1) is 11.8 Å². The molecule has 2 aromatic rings. The first-order valence-corrected chi connectivity index (χ1v) is 7.80. The van der Waals surface area contributed by atoms with Crippen molar-refractivity contribution in [3.63, 3.8) is 0 Å². The molecule has 21 heavy (non-hydrogen) atoms. The fraction of sp³-hybridized carbons (Fsp3) is 0.333. The topological polar surface area (TPSA) is 68.5 Å². The highest BCUT2D eigenvalue weighted by molar-refractivity contribution is 7.99.